The van der Waals surface area contributed by atoms with Crippen LogP contribution >= 0.6 is 0 Å². The lowest BCUT2D eigenvalue weighted by molar-refractivity contribution is -0.160. The predicted octanol–water partition coefficient (Wildman–Crippen LogP) is 2.14. The highest BCUT2D eigenvalue weighted by Gasteiger charge is 2.25. The maximum absolute atomic E-state index is 11.3. The van der Waals surface area contributed by atoms with Gasteiger partial charge in [-0.2, -0.15) is 0 Å². The first-order valence-electron chi connectivity index (χ1n) is 4.43. The van der Waals surface area contributed by atoms with Gasteiger partial charge in [-0.15, -0.1) is 0 Å². The topological polar surface area (TPSA) is 35.5 Å². The molecule has 0 atom stereocenters. The van der Waals surface area contributed by atoms with Gasteiger partial charge in [-0.05, 0) is 34.6 Å². The Morgan fingerprint density at radius 3 is 1.92 bits per heavy atom. The molecule has 0 rings (SSSR count). The van der Waals surface area contributed by atoms with Crippen molar-refractivity contribution in [3.63, 3.8) is 0 Å². The van der Waals surface area contributed by atoms with Crippen LogP contribution in [0.5, 0.6) is 0 Å². The number of rotatable bonds is 3. The number of methoxy groups -OCH3 is 1. The minimum atomic E-state index is -0.442. The fraction of sp³-hybridized carbons (Fsp3) is 0.900. The van der Waals surface area contributed by atoms with Crippen molar-refractivity contribution in [1.29, 1.82) is 0 Å². The number of carbonyl (C=O) groups excluding carboxylic acids is 1. The molecule has 0 N–H and O–H groups in total. The Balaban J connectivity index is 4.03. The van der Waals surface area contributed by atoms with E-state index in [2.05, 4.69) is 0 Å². The number of esters is 1. The largest absolute Gasteiger partial charge is 0.460 e. The molecule has 0 saturated carbocycles. The van der Waals surface area contributed by atoms with Crippen molar-refractivity contribution in [1.82, 2.24) is 0 Å². The van der Waals surface area contributed by atoms with Crippen LogP contribution in [0.25, 0.3) is 0 Å². The van der Waals surface area contributed by atoms with Crippen molar-refractivity contribution in [3.8, 4) is 0 Å². The average Bonchev–Trinajstić information content (AvgIpc) is 1.81. The van der Waals surface area contributed by atoms with Crippen LogP contribution in [0, 0.1) is 0 Å². The van der Waals surface area contributed by atoms with Gasteiger partial charge in [0.2, 0.25) is 0 Å². The molecule has 0 unspecified atom stereocenters. The smallest absolute Gasteiger partial charge is 0.309 e. The second-order valence-electron chi connectivity index (χ2n) is 4.73. The van der Waals surface area contributed by atoms with Gasteiger partial charge in [0.1, 0.15) is 5.60 Å². The molecule has 0 aromatic carbocycles. The first-order valence-corrected chi connectivity index (χ1v) is 4.43. The zero-order chi connectivity index (χ0) is 10.7. The quantitative estimate of drug-likeness (QED) is 0.636. The first-order chi connectivity index (χ1) is 5.66. The Morgan fingerprint density at radius 2 is 1.62 bits per heavy atom. The van der Waals surface area contributed by atoms with Gasteiger partial charge < -0.3 is 9.47 Å². The Hall–Kier alpha value is -0.570. The summed E-state index contributed by atoms with van der Waals surface area (Å²) in [7, 11) is 1.59. The number of hydrogen-bond acceptors (Lipinski definition) is 3. The molecule has 0 saturated heterocycles. The van der Waals surface area contributed by atoms with E-state index < -0.39 is 11.2 Å². The Morgan fingerprint density at radius 1 is 1.15 bits per heavy atom. The Labute approximate surface area is 80.4 Å². The third kappa shape index (κ3) is 6.58. The molecule has 13 heavy (non-hydrogen) atoms. The maximum atomic E-state index is 11.3. The van der Waals surface area contributed by atoms with Crippen molar-refractivity contribution in [2.75, 3.05) is 7.11 Å². The molecule has 0 aliphatic rings. The van der Waals surface area contributed by atoms with Crippen LogP contribution in [0.2, 0.25) is 0 Å². The molecule has 0 heterocycles. The van der Waals surface area contributed by atoms with Crippen LogP contribution in [0.15, 0.2) is 0 Å². The fourth-order valence-corrected chi connectivity index (χ4v) is 0.797. The summed E-state index contributed by atoms with van der Waals surface area (Å²) in [5.41, 5.74) is -0.858. The number of carbonyl (C=O) groups is 1. The second-order valence-corrected chi connectivity index (χ2v) is 4.73. The van der Waals surface area contributed by atoms with E-state index in [-0.39, 0.29) is 12.4 Å². The van der Waals surface area contributed by atoms with Crippen molar-refractivity contribution >= 4 is 5.97 Å². The van der Waals surface area contributed by atoms with Gasteiger partial charge in [-0.1, -0.05) is 0 Å². The van der Waals surface area contributed by atoms with E-state index in [4.69, 9.17) is 9.47 Å². The molecule has 78 valence electrons. The summed E-state index contributed by atoms with van der Waals surface area (Å²) in [5, 5.41) is 0. The van der Waals surface area contributed by atoms with Gasteiger partial charge in [-0.25, -0.2) is 0 Å². The third-order valence-corrected chi connectivity index (χ3v) is 1.54. The predicted molar refractivity (Wildman–Crippen MR) is 51.6 cm³/mol. The van der Waals surface area contributed by atoms with Crippen molar-refractivity contribution in [3.05, 3.63) is 0 Å². The zero-order valence-electron chi connectivity index (χ0n) is 9.43. The highest BCUT2D eigenvalue weighted by atomic mass is 16.6. The Kier molecular flexibility index (Phi) is 3.91. The van der Waals surface area contributed by atoms with E-state index >= 15 is 0 Å². The summed E-state index contributed by atoms with van der Waals surface area (Å²) in [6, 6.07) is 0. The number of ether oxygens (including phenoxy) is 2. The van der Waals surface area contributed by atoms with Gasteiger partial charge in [-0.3, -0.25) is 4.79 Å². The monoisotopic (exact) mass is 188 g/mol. The standard InChI is InChI=1S/C10H20O3/c1-9(2,3)13-8(11)7-10(4,5)12-6/h7H2,1-6H3. The van der Waals surface area contributed by atoms with Gasteiger partial charge in [0.25, 0.3) is 0 Å². The van der Waals surface area contributed by atoms with Crippen LogP contribution in [0.3, 0.4) is 0 Å². The molecule has 0 aromatic rings. The minimum Gasteiger partial charge on any atom is -0.460 e. The molecule has 0 radical (unpaired) electrons. The van der Waals surface area contributed by atoms with E-state index in [1.54, 1.807) is 7.11 Å². The van der Waals surface area contributed by atoms with Gasteiger partial charge in [0.05, 0.1) is 12.0 Å². The van der Waals surface area contributed by atoms with E-state index in [0.717, 1.165) is 0 Å². The molecular weight excluding hydrogens is 168 g/mol. The molecule has 0 aliphatic carbocycles. The van der Waals surface area contributed by atoms with Crippen LogP contribution in [0.1, 0.15) is 41.0 Å². The van der Waals surface area contributed by atoms with Crippen LogP contribution in [-0.4, -0.2) is 24.3 Å². The molecule has 3 nitrogen and oxygen atoms in total. The Bertz CT molecular complexity index is 177. The van der Waals surface area contributed by atoms with Gasteiger partial charge >= 0.3 is 5.97 Å². The first kappa shape index (κ1) is 12.4. The molecule has 3 heteroatoms. The lowest BCUT2D eigenvalue weighted by Crippen LogP contribution is -2.31. The summed E-state index contributed by atoms with van der Waals surface area (Å²) in [4.78, 5) is 11.3. The maximum Gasteiger partial charge on any atom is 0.309 e. The van der Waals surface area contributed by atoms with Crippen LogP contribution in [0.4, 0.5) is 0 Å². The molecular formula is C10H20O3. The zero-order valence-corrected chi connectivity index (χ0v) is 9.43. The summed E-state index contributed by atoms with van der Waals surface area (Å²) >= 11 is 0. The molecule has 0 aromatic heterocycles. The van der Waals surface area contributed by atoms with Gasteiger partial charge in [0, 0.05) is 7.11 Å². The molecule has 0 aliphatic heterocycles. The van der Waals surface area contributed by atoms with Gasteiger partial charge in [0.15, 0.2) is 0 Å². The summed E-state index contributed by atoms with van der Waals surface area (Å²) in [5.74, 6) is -0.223. The van der Waals surface area contributed by atoms with E-state index in [9.17, 15) is 4.79 Å². The second kappa shape index (κ2) is 4.09. The van der Waals surface area contributed by atoms with E-state index in [0.29, 0.717) is 0 Å². The summed E-state index contributed by atoms with van der Waals surface area (Å²) in [6.07, 6.45) is 0.279. The summed E-state index contributed by atoms with van der Waals surface area (Å²) in [6.45, 7) is 9.27. The van der Waals surface area contributed by atoms with Crippen molar-refractivity contribution < 1.29 is 14.3 Å². The lowest BCUT2D eigenvalue weighted by Gasteiger charge is -2.25. The van der Waals surface area contributed by atoms with E-state index in [1.807, 2.05) is 34.6 Å². The minimum absolute atomic E-state index is 0.223. The van der Waals surface area contributed by atoms with Crippen LogP contribution < -0.4 is 0 Å². The normalized spacial score (nSPS) is 12.8. The molecule has 0 bridgehead atoms. The third-order valence-electron chi connectivity index (χ3n) is 1.54. The van der Waals surface area contributed by atoms with E-state index in [1.165, 1.54) is 0 Å². The lowest BCUT2D eigenvalue weighted by atomic mass is 10.1. The average molecular weight is 188 g/mol. The highest BCUT2D eigenvalue weighted by molar-refractivity contribution is 5.71. The van der Waals surface area contributed by atoms with Crippen molar-refractivity contribution in [2.24, 2.45) is 0 Å². The van der Waals surface area contributed by atoms with Crippen LogP contribution in [-0.2, 0) is 14.3 Å². The molecule has 0 spiro atoms. The SMILES string of the molecule is COC(C)(C)CC(=O)OC(C)(C)C. The summed E-state index contributed by atoms with van der Waals surface area (Å²) < 4.78 is 10.3. The number of hydrogen-bond donors (Lipinski definition) is 0. The fourth-order valence-electron chi connectivity index (χ4n) is 0.797. The highest BCUT2D eigenvalue weighted by Crippen LogP contribution is 2.16. The van der Waals surface area contributed by atoms with Crippen molar-refractivity contribution in [2.45, 2.75) is 52.2 Å². The molecule has 0 amide bonds. The molecule has 0 fully saturated rings.